The molecule has 2 fully saturated rings. The van der Waals surface area contributed by atoms with Gasteiger partial charge in [-0.05, 0) is 48.4 Å². The van der Waals surface area contributed by atoms with Crippen LogP contribution in [0.5, 0.6) is 11.6 Å². The van der Waals surface area contributed by atoms with E-state index in [0.29, 0.717) is 30.6 Å². The van der Waals surface area contributed by atoms with Crippen LogP contribution in [0.4, 0.5) is 10.5 Å². The fourth-order valence-electron chi connectivity index (χ4n) is 3.88. The summed E-state index contributed by atoms with van der Waals surface area (Å²) in [5, 5.41) is 2.92. The molecule has 164 valence electrons. The molecule has 2 aliphatic rings. The van der Waals surface area contributed by atoms with Crippen LogP contribution in [0.15, 0.2) is 48.2 Å². The molecule has 1 aliphatic heterocycles. The lowest BCUT2D eigenvalue weighted by Crippen LogP contribution is -2.42. The summed E-state index contributed by atoms with van der Waals surface area (Å²) in [6.45, 7) is 4.37. The van der Waals surface area contributed by atoms with Crippen molar-refractivity contribution in [2.75, 3.05) is 32.1 Å². The molecule has 6 nitrogen and oxygen atoms in total. The second-order valence-corrected chi connectivity index (χ2v) is 8.49. The maximum absolute atomic E-state index is 12.6. The molecular weight excluding hydrogens is 390 g/mol. The number of anilines is 1. The van der Waals surface area contributed by atoms with Crippen LogP contribution in [0.3, 0.4) is 0 Å². The number of likely N-dealkylation sites (tertiary alicyclic amines) is 1. The van der Waals surface area contributed by atoms with Crippen molar-refractivity contribution in [3.8, 4) is 11.6 Å². The largest absolute Gasteiger partial charge is 0.494 e. The molecule has 2 amide bonds. The van der Waals surface area contributed by atoms with Crippen molar-refractivity contribution in [3.05, 3.63) is 53.7 Å². The Bertz CT molecular complexity index is 922. The first-order chi connectivity index (χ1) is 15.1. The van der Waals surface area contributed by atoms with Crippen LogP contribution < -0.4 is 14.8 Å². The van der Waals surface area contributed by atoms with Gasteiger partial charge in [-0.3, -0.25) is 0 Å². The molecule has 1 aromatic carbocycles. The predicted octanol–water partition coefficient (Wildman–Crippen LogP) is 5.23. The lowest BCUT2D eigenvalue weighted by Gasteiger charge is -2.33. The highest BCUT2D eigenvalue weighted by Gasteiger charge is 2.24. The van der Waals surface area contributed by atoms with Gasteiger partial charge in [-0.15, -0.1) is 0 Å². The zero-order chi connectivity index (χ0) is 21.6. The zero-order valence-corrected chi connectivity index (χ0v) is 18.3. The monoisotopic (exact) mass is 421 g/mol. The number of nitrogens with zero attached hydrogens (tertiary/aromatic N) is 2. The Morgan fingerprint density at radius 3 is 2.87 bits per heavy atom. The van der Waals surface area contributed by atoms with E-state index in [1.54, 1.807) is 25.4 Å². The third-order valence-electron chi connectivity index (χ3n) is 5.98. The van der Waals surface area contributed by atoms with Crippen molar-refractivity contribution in [1.82, 2.24) is 9.88 Å². The van der Waals surface area contributed by atoms with E-state index in [1.165, 1.54) is 18.4 Å². The fraction of sp³-hybridized carbons (Fsp3) is 0.440. The molecule has 6 heteroatoms. The first-order valence-electron chi connectivity index (χ1n) is 11.1. The number of carbonyl (C=O) groups excluding carboxylic acids is 1. The van der Waals surface area contributed by atoms with Gasteiger partial charge in [-0.25, -0.2) is 9.78 Å². The average molecular weight is 422 g/mol. The highest BCUT2D eigenvalue weighted by molar-refractivity contribution is 5.89. The Morgan fingerprint density at radius 2 is 2.16 bits per heavy atom. The predicted molar refractivity (Wildman–Crippen MR) is 122 cm³/mol. The zero-order valence-electron chi connectivity index (χ0n) is 18.3. The molecule has 1 saturated carbocycles. The van der Waals surface area contributed by atoms with Gasteiger partial charge in [0.2, 0.25) is 5.88 Å². The van der Waals surface area contributed by atoms with Gasteiger partial charge < -0.3 is 19.7 Å². The van der Waals surface area contributed by atoms with Crippen molar-refractivity contribution in [2.45, 2.75) is 32.6 Å². The second-order valence-electron chi connectivity index (χ2n) is 8.49. The van der Waals surface area contributed by atoms with Gasteiger partial charge in [0, 0.05) is 19.2 Å². The lowest BCUT2D eigenvalue weighted by molar-refractivity contribution is 0.198. The molecule has 0 radical (unpaired) electrons. The summed E-state index contributed by atoms with van der Waals surface area (Å²) in [7, 11) is 1.57. The van der Waals surface area contributed by atoms with Gasteiger partial charge in [-0.1, -0.05) is 43.5 Å². The van der Waals surface area contributed by atoms with Crippen molar-refractivity contribution in [1.29, 1.82) is 0 Å². The molecule has 1 N–H and O–H groups in total. The third-order valence-corrected chi connectivity index (χ3v) is 5.98. The van der Waals surface area contributed by atoms with Crippen molar-refractivity contribution >= 4 is 17.8 Å². The van der Waals surface area contributed by atoms with Crippen LogP contribution in [0, 0.1) is 11.8 Å². The van der Waals surface area contributed by atoms with Crippen LogP contribution >= 0.6 is 0 Å². The van der Waals surface area contributed by atoms with E-state index >= 15 is 0 Å². The molecule has 1 atom stereocenters. The quantitative estimate of drug-likeness (QED) is 0.665. The summed E-state index contributed by atoms with van der Waals surface area (Å²) in [5.41, 5.74) is 3.19. The smallest absolute Gasteiger partial charge is 0.321 e. The summed E-state index contributed by atoms with van der Waals surface area (Å²) in [4.78, 5) is 18.6. The van der Waals surface area contributed by atoms with Gasteiger partial charge in [0.15, 0.2) is 0 Å². The van der Waals surface area contributed by atoms with Gasteiger partial charge in [0.05, 0.1) is 25.6 Å². The Hall–Kier alpha value is -3.02. The SMILES string of the molecule is COc1ccc(NC(=O)N2CC/C(=C\c3cccc(OCCC4CC4)c3)C(C)C2)cn1. The van der Waals surface area contributed by atoms with Crippen LogP contribution in [0.2, 0.25) is 0 Å². The summed E-state index contributed by atoms with van der Waals surface area (Å²) in [6, 6.07) is 11.7. The first-order valence-corrected chi connectivity index (χ1v) is 11.1. The third kappa shape index (κ3) is 6.00. The van der Waals surface area contributed by atoms with Crippen molar-refractivity contribution in [3.63, 3.8) is 0 Å². The average Bonchev–Trinajstić information content (AvgIpc) is 3.60. The Kier molecular flexibility index (Phi) is 6.75. The number of hydrogen-bond acceptors (Lipinski definition) is 4. The topological polar surface area (TPSA) is 63.7 Å². The molecule has 1 unspecified atom stereocenters. The normalized spacial score (nSPS) is 19.9. The fourth-order valence-corrected chi connectivity index (χ4v) is 3.88. The molecule has 0 bridgehead atoms. The minimum Gasteiger partial charge on any atom is -0.494 e. The van der Waals surface area contributed by atoms with E-state index < -0.39 is 0 Å². The van der Waals surface area contributed by atoms with Crippen LogP contribution in [0.1, 0.15) is 38.2 Å². The molecule has 1 aromatic heterocycles. The number of amides is 2. The number of ether oxygens (including phenoxy) is 2. The van der Waals surface area contributed by atoms with E-state index in [9.17, 15) is 4.79 Å². The minimum atomic E-state index is -0.0936. The molecule has 0 spiro atoms. The van der Waals surface area contributed by atoms with Gasteiger partial charge in [0.25, 0.3) is 0 Å². The first kappa shape index (κ1) is 21.2. The van der Waals surface area contributed by atoms with E-state index in [0.717, 1.165) is 36.7 Å². The number of hydrogen-bond donors (Lipinski definition) is 1. The molecule has 2 aromatic rings. The van der Waals surface area contributed by atoms with Crippen LogP contribution in [-0.2, 0) is 0 Å². The molecule has 4 rings (SSSR count). The Balaban J connectivity index is 1.31. The van der Waals surface area contributed by atoms with E-state index in [-0.39, 0.29) is 6.03 Å². The standard InChI is InChI=1S/C25H31N3O3/c1-18-17-28(25(29)27-22-8-9-24(30-2)26-16-22)12-10-21(18)14-20-4-3-5-23(15-20)31-13-11-19-6-7-19/h3-5,8-9,14-16,18-19H,6-7,10-13,17H2,1-2H3,(H,27,29)/b21-14+. The van der Waals surface area contributed by atoms with Crippen LogP contribution in [-0.4, -0.2) is 42.7 Å². The second kappa shape index (κ2) is 9.86. The Morgan fingerprint density at radius 1 is 1.29 bits per heavy atom. The molecular formula is C25H31N3O3. The number of aromatic nitrogens is 1. The summed E-state index contributed by atoms with van der Waals surface area (Å²) in [6.07, 6.45) is 8.60. The molecule has 31 heavy (non-hydrogen) atoms. The number of carbonyl (C=O) groups is 1. The maximum atomic E-state index is 12.6. The van der Waals surface area contributed by atoms with Gasteiger partial charge in [-0.2, -0.15) is 0 Å². The summed E-state index contributed by atoms with van der Waals surface area (Å²) >= 11 is 0. The van der Waals surface area contributed by atoms with Crippen LogP contribution in [0.25, 0.3) is 6.08 Å². The number of benzene rings is 1. The summed E-state index contributed by atoms with van der Waals surface area (Å²) in [5.74, 6) is 2.65. The van der Waals surface area contributed by atoms with Gasteiger partial charge >= 0.3 is 6.03 Å². The van der Waals surface area contributed by atoms with Gasteiger partial charge in [0.1, 0.15) is 5.75 Å². The maximum Gasteiger partial charge on any atom is 0.321 e. The Labute approximate surface area is 184 Å². The lowest BCUT2D eigenvalue weighted by atomic mass is 9.91. The molecule has 2 heterocycles. The van der Waals surface area contributed by atoms with Crippen molar-refractivity contribution < 1.29 is 14.3 Å². The van der Waals surface area contributed by atoms with E-state index in [4.69, 9.17) is 9.47 Å². The van der Waals surface area contributed by atoms with E-state index in [1.807, 2.05) is 11.0 Å². The summed E-state index contributed by atoms with van der Waals surface area (Å²) < 4.78 is 11.0. The number of pyridine rings is 1. The number of urea groups is 1. The highest BCUT2D eigenvalue weighted by Crippen LogP contribution is 2.32. The number of methoxy groups -OCH3 is 1. The van der Waals surface area contributed by atoms with Crippen molar-refractivity contribution in [2.24, 2.45) is 11.8 Å². The number of nitrogens with one attached hydrogen (secondary N) is 1. The highest BCUT2D eigenvalue weighted by atomic mass is 16.5. The molecule has 1 aliphatic carbocycles. The van der Waals surface area contributed by atoms with E-state index in [2.05, 4.69) is 41.5 Å². The minimum absolute atomic E-state index is 0.0936. The molecule has 1 saturated heterocycles. The number of rotatable bonds is 7. The number of piperidine rings is 1.